The molecule has 3 heteroatoms. The zero-order chi connectivity index (χ0) is 13.1. The molecule has 0 bridgehead atoms. The van der Waals surface area contributed by atoms with E-state index in [1.54, 1.807) is 0 Å². The number of benzene rings is 1. The summed E-state index contributed by atoms with van der Waals surface area (Å²) in [6.07, 6.45) is 7.56. The Morgan fingerprint density at radius 2 is 2.05 bits per heavy atom. The third-order valence-corrected chi connectivity index (χ3v) is 4.44. The Bertz CT molecular complexity index is 452. The average molecular weight is 258 g/mol. The van der Waals surface area contributed by atoms with Gasteiger partial charge in [-0.05, 0) is 30.4 Å². The van der Waals surface area contributed by atoms with Crippen molar-refractivity contribution in [3.8, 4) is 0 Å². The van der Waals surface area contributed by atoms with Crippen molar-refractivity contribution in [2.75, 3.05) is 18.0 Å². The number of anilines is 1. The Morgan fingerprint density at radius 3 is 2.89 bits per heavy atom. The highest BCUT2D eigenvalue weighted by molar-refractivity contribution is 5.94. The van der Waals surface area contributed by atoms with E-state index in [0.717, 1.165) is 37.5 Å². The molecule has 1 aliphatic carbocycles. The lowest BCUT2D eigenvalue weighted by Gasteiger charge is -2.18. The van der Waals surface area contributed by atoms with Gasteiger partial charge >= 0.3 is 6.03 Å². The van der Waals surface area contributed by atoms with Crippen LogP contribution in [0.1, 0.15) is 37.7 Å². The first-order valence-corrected chi connectivity index (χ1v) is 7.48. The monoisotopic (exact) mass is 258 g/mol. The quantitative estimate of drug-likeness (QED) is 0.886. The molecule has 0 aromatic heterocycles. The summed E-state index contributed by atoms with van der Waals surface area (Å²) in [6, 6.07) is 8.27. The van der Waals surface area contributed by atoms with Crippen molar-refractivity contribution in [1.29, 1.82) is 0 Å². The summed E-state index contributed by atoms with van der Waals surface area (Å²) >= 11 is 0. The molecule has 1 aromatic rings. The van der Waals surface area contributed by atoms with E-state index in [-0.39, 0.29) is 6.03 Å². The summed E-state index contributed by atoms with van der Waals surface area (Å²) < 4.78 is 0. The van der Waals surface area contributed by atoms with Gasteiger partial charge in [0.25, 0.3) is 0 Å². The molecule has 0 unspecified atom stereocenters. The lowest BCUT2D eigenvalue weighted by molar-refractivity contribution is 0.246. The summed E-state index contributed by atoms with van der Waals surface area (Å²) in [5, 5.41) is 3.08. The highest BCUT2D eigenvalue weighted by Gasteiger charge is 2.24. The molecule has 1 heterocycles. The van der Waals surface area contributed by atoms with Crippen LogP contribution in [0.2, 0.25) is 0 Å². The van der Waals surface area contributed by atoms with E-state index in [1.165, 1.54) is 31.2 Å². The van der Waals surface area contributed by atoms with Gasteiger partial charge in [-0.2, -0.15) is 0 Å². The topological polar surface area (TPSA) is 32.3 Å². The van der Waals surface area contributed by atoms with E-state index in [1.807, 2.05) is 23.1 Å². The van der Waals surface area contributed by atoms with Gasteiger partial charge in [0.05, 0.1) is 0 Å². The molecule has 0 saturated heterocycles. The minimum absolute atomic E-state index is 0.0722. The summed E-state index contributed by atoms with van der Waals surface area (Å²) in [5.74, 6) is 0.839. The van der Waals surface area contributed by atoms with E-state index in [0.29, 0.717) is 0 Å². The smallest absolute Gasteiger partial charge is 0.321 e. The van der Waals surface area contributed by atoms with Crippen LogP contribution in [0.3, 0.4) is 0 Å². The van der Waals surface area contributed by atoms with Crippen LogP contribution >= 0.6 is 0 Å². The second-order valence-electron chi connectivity index (χ2n) is 5.70. The maximum absolute atomic E-state index is 12.2. The van der Waals surface area contributed by atoms with Gasteiger partial charge in [-0.25, -0.2) is 4.79 Å². The van der Waals surface area contributed by atoms with Crippen molar-refractivity contribution in [3.63, 3.8) is 0 Å². The summed E-state index contributed by atoms with van der Waals surface area (Å²) in [7, 11) is 0. The van der Waals surface area contributed by atoms with Gasteiger partial charge in [-0.1, -0.05) is 43.9 Å². The predicted octanol–water partition coefficient (Wildman–Crippen LogP) is 3.34. The van der Waals surface area contributed by atoms with E-state index < -0.39 is 0 Å². The fourth-order valence-corrected chi connectivity index (χ4v) is 3.33. The van der Waals surface area contributed by atoms with Gasteiger partial charge in [-0.3, -0.25) is 4.90 Å². The Labute approximate surface area is 115 Å². The van der Waals surface area contributed by atoms with Crippen molar-refractivity contribution >= 4 is 11.7 Å². The molecule has 19 heavy (non-hydrogen) atoms. The first-order chi connectivity index (χ1) is 9.34. The second kappa shape index (κ2) is 5.64. The number of para-hydroxylation sites is 1. The van der Waals surface area contributed by atoms with Crippen LogP contribution in [0.15, 0.2) is 24.3 Å². The number of carbonyl (C=O) groups is 1. The minimum Gasteiger partial charge on any atom is -0.338 e. The number of nitrogens with zero attached hydrogens (tertiary/aromatic N) is 1. The molecule has 1 saturated carbocycles. The summed E-state index contributed by atoms with van der Waals surface area (Å²) in [6.45, 7) is 1.64. The molecule has 1 aromatic carbocycles. The third-order valence-electron chi connectivity index (χ3n) is 4.44. The number of urea groups is 1. The van der Waals surface area contributed by atoms with Crippen LogP contribution in [0.25, 0.3) is 0 Å². The molecule has 3 nitrogen and oxygen atoms in total. The molecular formula is C16H22N2O. The van der Waals surface area contributed by atoms with Crippen LogP contribution in [0, 0.1) is 5.92 Å². The number of amides is 2. The normalized spacial score (nSPS) is 18.6. The number of rotatable bonds is 3. The SMILES string of the molecule is O=C(NCCC1CCCC1)N1CCc2ccccc21. The van der Waals surface area contributed by atoms with Crippen molar-refractivity contribution in [2.45, 2.75) is 38.5 Å². The Hall–Kier alpha value is -1.51. The van der Waals surface area contributed by atoms with E-state index in [2.05, 4.69) is 11.4 Å². The molecule has 1 fully saturated rings. The standard InChI is InChI=1S/C16H22N2O/c19-16(17-11-9-13-5-1-2-6-13)18-12-10-14-7-3-4-8-15(14)18/h3-4,7-8,13H,1-2,5-6,9-12H2,(H,17,19). The van der Waals surface area contributed by atoms with Crippen LogP contribution < -0.4 is 10.2 Å². The number of fused-ring (bicyclic) bond motifs is 1. The number of nitrogens with one attached hydrogen (secondary N) is 1. The predicted molar refractivity (Wildman–Crippen MR) is 77.5 cm³/mol. The minimum atomic E-state index is 0.0722. The number of hydrogen-bond acceptors (Lipinski definition) is 1. The summed E-state index contributed by atoms with van der Waals surface area (Å²) in [4.78, 5) is 14.1. The van der Waals surface area contributed by atoms with Crippen LogP contribution in [0.4, 0.5) is 10.5 Å². The molecule has 1 aliphatic heterocycles. The highest BCUT2D eigenvalue weighted by Crippen LogP contribution is 2.28. The molecule has 0 radical (unpaired) electrons. The first-order valence-electron chi connectivity index (χ1n) is 7.48. The molecule has 2 amide bonds. The fraction of sp³-hybridized carbons (Fsp3) is 0.562. The van der Waals surface area contributed by atoms with Gasteiger partial charge < -0.3 is 5.32 Å². The molecule has 1 N–H and O–H groups in total. The molecule has 0 spiro atoms. The maximum Gasteiger partial charge on any atom is 0.321 e. The van der Waals surface area contributed by atoms with Crippen molar-refractivity contribution < 1.29 is 4.79 Å². The van der Waals surface area contributed by atoms with E-state index >= 15 is 0 Å². The second-order valence-corrected chi connectivity index (χ2v) is 5.70. The van der Waals surface area contributed by atoms with Crippen LogP contribution in [-0.2, 0) is 6.42 Å². The molecule has 3 rings (SSSR count). The Morgan fingerprint density at radius 1 is 1.26 bits per heavy atom. The van der Waals surface area contributed by atoms with Crippen molar-refractivity contribution in [3.05, 3.63) is 29.8 Å². The lowest BCUT2D eigenvalue weighted by Crippen LogP contribution is -2.39. The Kier molecular flexibility index (Phi) is 3.72. The zero-order valence-electron chi connectivity index (χ0n) is 11.4. The van der Waals surface area contributed by atoms with Gasteiger partial charge in [0, 0.05) is 18.8 Å². The van der Waals surface area contributed by atoms with Gasteiger partial charge in [0.2, 0.25) is 0 Å². The Balaban J connectivity index is 1.51. The molecule has 102 valence electrons. The van der Waals surface area contributed by atoms with E-state index in [4.69, 9.17) is 0 Å². The lowest BCUT2D eigenvalue weighted by atomic mass is 10.0. The summed E-state index contributed by atoms with van der Waals surface area (Å²) in [5.41, 5.74) is 2.37. The number of hydrogen-bond donors (Lipinski definition) is 1. The van der Waals surface area contributed by atoms with Crippen LogP contribution in [-0.4, -0.2) is 19.1 Å². The van der Waals surface area contributed by atoms with Gasteiger partial charge in [-0.15, -0.1) is 0 Å². The first kappa shape index (κ1) is 12.5. The number of carbonyl (C=O) groups excluding carboxylic acids is 1. The molecular weight excluding hydrogens is 236 g/mol. The molecule has 2 aliphatic rings. The van der Waals surface area contributed by atoms with Crippen molar-refractivity contribution in [1.82, 2.24) is 5.32 Å². The average Bonchev–Trinajstić information content (AvgIpc) is 3.07. The van der Waals surface area contributed by atoms with E-state index in [9.17, 15) is 4.79 Å². The zero-order valence-corrected chi connectivity index (χ0v) is 11.4. The maximum atomic E-state index is 12.2. The fourth-order valence-electron chi connectivity index (χ4n) is 3.33. The molecule has 0 atom stereocenters. The van der Waals surface area contributed by atoms with Gasteiger partial charge in [0.15, 0.2) is 0 Å². The third kappa shape index (κ3) is 2.75. The van der Waals surface area contributed by atoms with Gasteiger partial charge in [0.1, 0.15) is 0 Å². The van der Waals surface area contributed by atoms with Crippen molar-refractivity contribution in [2.24, 2.45) is 5.92 Å². The largest absolute Gasteiger partial charge is 0.338 e. The highest BCUT2D eigenvalue weighted by atomic mass is 16.2. The van der Waals surface area contributed by atoms with Crippen LogP contribution in [0.5, 0.6) is 0 Å².